The Morgan fingerprint density at radius 2 is 2.38 bits per heavy atom. The smallest absolute Gasteiger partial charge is 0.268 e. The number of aromatic nitrogens is 4. The number of hydrogen-bond acceptors (Lipinski definition) is 6. The van der Waals surface area contributed by atoms with Crippen molar-refractivity contribution in [1.29, 1.82) is 0 Å². The molecule has 4 rings (SSSR count). The molecule has 0 spiro atoms. The van der Waals surface area contributed by atoms with Crippen LogP contribution in [0.25, 0.3) is 10.2 Å². The molecule has 0 saturated heterocycles. The Hall–Kier alpha value is -2.52. The Bertz CT molecular complexity index is 958. The highest BCUT2D eigenvalue weighted by atomic mass is 32.1. The van der Waals surface area contributed by atoms with Crippen molar-refractivity contribution in [2.45, 2.75) is 19.0 Å². The summed E-state index contributed by atoms with van der Waals surface area (Å²) in [5.41, 5.74) is 2.22. The van der Waals surface area contributed by atoms with Crippen molar-refractivity contribution in [2.75, 3.05) is 13.6 Å². The number of nitrogens with zero attached hydrogens (tertiary/aromatic N) is 3. The molecule has 0 aliphatic carbocycles. The molecule has 1 atom stereocenters. The first-order chi connectivity index (χ1) is 11.6. The van der Waals surface area contributed by atoms with Gasteiger partial charge in [0.2, 0.25) is 5.91 Å². The average Bonchev–Trinajstić information content (AvgIpc) is 3.22. The number of carbonyl (C=O) groups is 1. The molecule has 9 heteroatoms. The molecule has 3 N–H and O–H groups in total. The third kappa shape index (κ3) is 2.51. The molecule has 1 unspecified atom stereocenters. The Labute approximate surface area is 140 Å². The molecular weight excluding hydrogens is 328 g/mol. The number of aromatic amines is 2. The molecule has 124 valence electrons. The number of amides is 1. The summed E-state index contributed by atoms with van der Waals surface area (Å²) in [6.45, 7) is 0.952. The second-order valence-corrected chi connectivity index (χ2v) is 6.66. The third-order valence-corrected chi connectivity index (χ3v) is 5.02. The van der Waals surface area contributed by atoms with Crippen molar-refractivity contribution in [1.82, 2.24) is 30.2 Å². The lowest BCUT2D eigenvalue weighted by Gasteiger charge is -2.26. The molecule has 3 aromatic rings. The Balaban J connectivity index is 1.56. The molecule has 24 heavy (non-hydrogen) atoms. The van der Waals surface area contributed by atoms with Crippen LogP contribution < -0.4 is 10.9 Å². The van der Waals surface area contributed by atoms with Gasteiger partial charge < -0.3 is 20.2 Å². The predicted molar refractivity (Wildman–Crippen MR) is 89.8 cm³/mol. The van der Waals surface area contributed by atoms with E-state index in [1.54, 1.807) is 24.3 Å². The lowest BCUT2D eigenvalue weighted by molar-refractivity contribution is -0.133. The van der Waals surface area contributed by atoms with Crippen LogP contribution in [-0.2, 0) is 17.8 Å². The number of hydrogen-bond donors (Lipinski definition) is 3. The molecule has 1 amide bonds. The van der Waals surface area contributed by atoms with E-state index in [2.05, 4.69) is 25.3 Å². The second-order valence-electron chi connectivity index (χ2n) is 5.75. The number of thiophene rings is 1. The first-order valence-electron chi connectivity index (χ1n) is 7.60. The highest BCUT2D eigenvalue weighted by Crippen LogP contribution is 2.21. The molecule has 1 aliphatic heterocycles. The monoisotopic (exact) mass is 344 g/mol. The molecule has 0 aromatic carbocycles. The Morgan fingerprint density at radius 3 is 3.25 bits per heavy atom. The van der Waals surface area contributed by atoms with E-state index in [4.69, 9.17) is 0 Å². The van der Waals surface area contributed by atoms with E-state index in [1.807, 2.05) is 5.38 Å². The number of H-pyrrole nitrogens is 2. The number of likely N-dealkylation sites (N-methyl/N-ethyl adjacent to an activating group) is 1. The molecule has 4 heterocycles. The first-order valence-corrected chi connectivity index (χ1v) is 8.48. The van der Waals surface area contributed by atoms with Gasteiger partial charge in [-0.05, 0) is 11.4 Å². The summed E-state index contributed by atoms with van der Waals surface area (Å²) in [7, 11) is 1.70. The van der Waals surface area contributed by atoms with Crippen molar-refractivity contribution >= 4 is 27.5 Å². The van der Waals surface area contributed by atoms with Gasteiger partial charge in [0.05, 0.1) is 24.1 Å². The van der Waals surface area contributed by atoms with Gasteiger partial charge in [0.1, 0.15) is 16.6 Å². The maximum atomic E-state index is 12.8. The summed E-state index contributed by atoms with van der Waals surface area (Å²) in [6, 6.07) is 1.33. The molecular formula is C15H16N6O2S. The van der Waals surface area contributed by atoms with Crippen molar-refractivity contribution < 1.29 is 4.79 Å². The van der Waals surface area contributed by atoms with Gasteiger partial charge in [0.15, 0.2) is 0 Å². The van der Waals surface area contributed by atoms with Crippen LogP contribution in [0.15, 0.2) is 22.6 Å². The van der Waals surface area contributed by atoms with Crippen LogP contribution in [0.4, 0.5) is 0 Å². The maximum Gasteiger partial charge on any atom is 0.268 e. The van der Waals surface area contributed by atoms with Gasteiger partial charge in [-0.1, -0.05) is 0 Å². The van der Waals surface area contributed by atoms with E-state index in [1.165, 1.54) is 11.3 Å². The lowest BCUT2D eigenvalue weighted by atomic mass is 10.0. The second kappa shape index (κ2) is 5.84. The number of carbonyl (C=O) groups excluding carboxylic acids is 1. The van der Waals surface area contributed by atoms with Crippen LogP contribution >= 0.6 is 11.3 Å². The Kier molecular flexibility index (Phi) is 3.66. The fourth-order valence-electron chi connectivity index (χ4n) is 2.94. The van der Waals surface area contributed by atoms with Gasteiger partial charge in [0.25, 0.3) is 5.56 Å². The van der Waals surface area contributed by atoms with Crippen LogP contribution in [0.2, 0.25) is 0 Å². The van der Waals surface area contributed by atoms with Crippen LogP contribution in [0.5, 0.6) is 0 Å². The molecule has 0 radical (unpaired) electrons. The summed E-state index contributed by atoms with van der Waals surface area (Å²) in [6.07, 6.45) is 2.44. The Morgan fingerprint density at radius 1 is 1.50 bits per heavy atom. The quantitative estimate of drug-likeness (QED) is 0.643. The zero-order valence-corrected chi connectivity index (χ0v) is 13.8. The van der Waals surface area contributed by atoms with Crippen molar-refractivity contribution in [3.05, 3.63) is 45.3 Å². The number of rotatable bonds is 3. The summed E-state index contributed by atoms with van der Waals surface area (Å²) in [4.78, 5) is 40.8. The van der Waals surface area contributed by atoms with E-state index >= 15 is 0 Å². The molecule has 8 nitrogen and oxygen atoms in total. The van der Waals surface area contributed by atoms with E-state index in [0.29, 0.717) is 16.0 Å². The summed E-state index contributed by atoms with van der Waals surface area (Å²) < 4.78 is 0.600. The van der Waals surface area contributed by atoms with E-state index < -0.39 is 6.04 Å². The minimum absolute atomic E-state index is 0.101. The van der Waals surface area contributed by atoms with Crippen LogP contribution in [0.1, 0.15) is 23.3 Å². The fourth-order valence-corrected chi connectivity index (χ4v) is 3.67. The van der Waals surface area contributed by atoms with Crippen LogP contribution in [-0.4, -0.2) is 44.3 Å². The van der Waals surface area contributed by atoms with Crippen molar-refractivity contribution in [3.8, 4) is 0 Å². The number of nitrogens with one attached hydrogen (secondary N) is 3. The van der Waals surface area contributed by atoms with Gasteiger partial charge in [-0.25, -0.2) is 9.97 Å². The molecule has 0 bridgehead atoms. The maximum absolute atomic E-state index is 12.8. The minimum atomic E-state index is -0.471. The molecule has 0 saturated carbocycles. The number of imidazole rings is 1. The molecule has 0 fully saturated rings. The van der Waals surface area contributed by atoms with Gasteiger partial charge in [0, 0.05) is 25.7 Å². The van der Waals surface area contributed by atoms with E-state index in [0.717, 1.165) is 24.4 Å². The highest BCUT2D eigenvalue weighted by Gasteiger charge is 2.30. The topological polar surface area (TPSA) is 107 Å². The number of fused-ring (bicyclic) bond motifs is 2. The normalized spacial score (nSPS) is 17.0. The summed E-state index contributed by atoms with van der Waals surface area (Å²) in [5.74, 6) is 0.371. The molecule has 3 aromatic heterocycles. The summed E-state index contributed by atoms with van der Waals surface area (Å²) >= 11 is 1.36. The lowest BCUT2D eigenvalue weighted by Crippen LogP contribution is -2.42. The van der Waals surface area contributed by atoms with Gasteiger partial charge in [-0.3, -0.25) is 9.59 Å². The zero-order chi connectivity index (χ0) is 16.7. The first kappa shape index (κ1) is 15.0. The standard InChI is InChI=1S/C15H16N6O2S/c1-21(6-10-19-9-3-5-24-13(9)14(22)20-10)15(23)12-11-8(2-4-16-12)17-7-18-11/h3,5,7,12,16H,2,4,6H2,1H3,(H,17,18)(H,19,20,22). The molecule has 1 aliphatic rings. The van der Waals surface area contributed by atoms with Crippen molar-refractivity contribution in [2.24, 2.45) is 0 Å². The van der Waals surface area contributed by atoms with E-state index in [9.17, 15) is 9.59 Å². The van der Waals surface area contributed by atoms with Crippen LogP contribution in [0, 0.1) is 0 Å². The third-order valence-electron chi connectivity index (χ3n) is 4.12. The SMILES string of the molecule is CN(Cc1nc2ccsc2c(=O)[nH]1)C(=O)C1NCCc2[nH]cnc21. The largest absolute Gasteiger partial charge is 0.348 e. The summed E-state index contributed by atoms with van der Waals surface area (Å²) in [5, 5.41) is 5.03. The van der Waals surface area contributed by atoms with Crippen molar-refractivity contribution in [3.63, 3.8) is 0 Å². The zero-order valence-electron chi connectivity index (χ0n) is 13.0. The van der Waals surface area contributed by atoms with E-state index in [-0.39, 0.29) is 18.0 Å². The predicted octanol–water partition coefficient (Wildman–Crippen LogP) is 0.553. The van der Waals surface area contributed by atoms with Gasteiger partial charge in [-0.15, -0.1) is 11.3 Å². The van der Waals surface area contributed by atoms with Gasteiger partial charge >= 0.3 is 0 Å². The minimum Gasteiger partial charge on any atom is -0.348 e. The fraction of sp³-hybridized carbons (Fsp3) is 0.333. The van der Waals surface area contributed by atoms with Gasteiger partial charge in [-0.2, -0.15) is 0 Å². The van der Waals surface area contributed by atoms with Crippen LogP contribution in [0.3, 0.4) is 0 Å². The average molecular weight is 344 g/mol. The highest BCUT2D eigenvalue weighted by molar-refractivity contribution is 7.17.